The highest BCUT2D eigenvalue weighted by Gasteiger charge is 2.34. The maximum atomic E-state index is 14.2. The third-order valence-electron chi connectivity index (χ3n) is 6.60. The van der Waals surface area contributed by atoms with E-state index in [-0.39, 0.29) is 24.1 Å². The van der Waals surface area contributed by atoms with E-state index in [1.807, 2.05) is 12.1 Å². The van der Waals surface area contributed by atoms with Crippen molar-refractivity contribution < 1.29 is 23.8 Å². The summed E-state index contributed by atoms with van der Waals surface area (Å²) < 4.78 is 25.3. The molecule has 7 heteroatoms. The van der Waals surface area contributed by atoms with E-state index in [1.165, 1.54) is 13.3 Å². The van der Waals surface area contributed by atoms with Crippen molar-refractivity contribution in [3.8, 4) is 11.8 Å². The molecule has 2 heterocycles. The number of carbonyl (C=O) groups is 1. The molecule has 0 bridgehead atoms. The lowest BCUT2D eigenvalue weighted by atomic mass is 9.79. The number of aromatic nitrogens is 2. The number of ether oxygens (including phenoxy) is 2. The zero-order valence-electron chi connectivity index (χ0n) is 17.8. The van der Waals surface area contributed by atoms with Gasteiger partial charge in [0.2, 0.25) is 11.8 Å². The quantitative estimate of drug-likeness (QED) is 0.609. The van der Waals surface area contributed by atoms with Crippen LogP contribution in [0.5, 0.6) is 11.8 Å². The molecule has 2 aliphatic rings. The molecule has 0 radical (unpaired) electrons. The highest BCUT2D eigenvalue weighted by atomic mass is 19.1. The van der Waals surface area contributed by atoms with Crippen LogP contribution in [0.1, 0.15) is 67.9 Å². The average molecular weight is 429 g/mol. The van der Waals surface area contributed by atoms with Crippen LogP contribution in [0.15, 0.2) is 30.6 Å². The number of pyridine rings is 2. The fourth-order valence-corrected chi connectivity index (χ4v) is 4.68. The summed E-state index contributed by atoms with van der Waals surface area (Å²) in [5, 5.41) is 9.23. The monoisotopic (exact) mass is 428 g/mol. The Balaban J connectivity index is 1.31. The first-order valence-electron chi connectivity index (χ1n) is 11.0. The van der Waals surface area contributed by atoms with Crippen LogP contribution >= 0.6 is 0 Å². The average Bonchev–Trinajstić information content (AvgIpc) is 3.62. The van der Waals surface area contributed by atoms with E-state index >= 15 is 0 Å². The Bertz CT molecular complexity index is 910. The molecule has 1 N–H and O–H groups in total. The standard InChI is InChI=1S/C24H29FN2O4/c1-30-22-11-20(21(25)13-27-22)17-4-2-15(3-5-17)14-31-23-10-18(8-9-26-23)19(12-24(28)29)16-6-7-16/h8-11,13,15-17,19H,2-7,12,14H2,1H3,(H,28,29)/t15-,17-,19-/m1/s1. The molecule has 0 spiro atoms. The van der Waals surface area contributed by atoms with Crippen LogP contribution in [0.3, 0.4) is 0 Å². The zero-order valence-corrected chi connectivity index (χ0v) is 17.8. The molecule has 0 amide bonds. The second kappa shape index (κ2) is 9.62. The first-order chi connectivity index (χ1) is 15.0. The Morgan fingerprint density at radius 1 is 1.16 bits per heavy atom. The van der Waals surface area contributed by atoms with Crippen LogP contribution in [0, 0.1) is 17.7 Å². The van der Waals surface area contributed by atoms with E-state index in [0.29, 0.717) is 35.8 Å². The summed E-state index contributed by atoms with van der Waals surface area (Å²) in [7, 11) is 1.54. The number of methoxy groups -OCH3 is 1. The number of aliphatic carboxylic acids is 1. The normalized spacial score (nSPS) is 22.0. The van der Waals surface area contributed by atoms with Gasteiger partial charge in [0.25, 0.3) is 0 Å². The maximum absolute atomic E-state index is 14.2. The van der Waals surface area contributed by atoms with Crippen molar-refractivity contribution in [2.45, 2.75) is 56.8 Å². The molecule has 6 nitrogen and oxygen atoms in total. The van der Waals surface area contributed by atoms with Crippen LogP contribution in [-0.4, -0.2) is 34.8 Å². The largest absolute Gasteiger partial charge is 0.481 e. The minimum absolute atomic E-state index is 0.0329. The van der Waals surface area contributed by atoms with Gasteiger partial charge in [0.15, 0.2) is 0 Å². The molecular weight excluding hydrogens is 399 g/mol. The molecule has 2 aromatic heterocycles. The van der Waals surface area contributed by atoms with Crippen LogP contribution in [0.4, 0.5) is 4.39 Å². The molecule has 1 atom stereocenters. The third kappa shape index (κ3) is 5.51. The fourth-order valence-electron chi connectivity index (χ4n) is 4.68. The second-order valence-corrected chi connectivity index (χ2v) is 8.75. The number of hydrogen-bond acceptors (Lipinski definition) is 5. The Hall–Kier alpha value is -2.70. The van der Waals surface area contributed by atoms with E-state index in [9.17, 15) is 14.3 Å². The lowest BCUT2D eigenvalue weighted by molar-refractivity contribution is -0.137. The van der Waals surface area contributed by atoms with Gasteiger partial charge >= 0.3 is 5.97 Å². The van der Waals surface area contributed by atoms with Crippen molar-refractivity contribution in [1.29, 1.82) is 0 Å². The lowest BCUT2D eigenvalue weighted by Gasteiger charge is -2.29. The predicted molar refractivity (Wildman–Crippen MR) is 113 cm³/mol. The number of halogens is 1. The van der Waals surface area contributed by atoms with E-state index in [4.69, 9.17) is 9.47 Å². The van der Waals surface area contributed by atoms with E-state index in [2.05, 4.69) is 9.97 Å². The van der Waals surface area contributed by atoms with Gasteiger partial charge in [0.05, 0.1) is 26.3 Å². The van der Waals surface area contributed by atoms with Crippen molar-refractivity contribution >= 4 is 5.97 Å². The second-order valence-electron chi connectivity index (χ2n) is 8.75. The number of carboxylic acid groups (broad SMARTS) is 1. The van der Waals surface area contributed by atoms with Crippen molar-refractivity contribution in [2.75, 3.05) is 13.7 Å². The molecule has 2 aromatic rings. The predicted octanol–water partition coefficient (Wildman–Crippen LogP) is 4.95. The third-order valence-corrected chi connectivity index (χ3v) is 6.60. The summed E-state index contributed by atoms with van der Waals surface area (Å²) in [6, 6.07) is 5.51. The molecule has 0 unspecified atom stereocenters. The van der Waals surface area contributed by atoms with Gasteiger partial charge in [-0.05, 0) is 79.4 Å². The van der Waals surface area contributed by atoms with Gasteiger partial charge in [-0.25, -0.2) is 14.4 Å². The Morgan fingerprint density at radius 3 is 2.61 bits per heavy atom. The summed E-state index contributed by atoms with van der Waals surface area (Å²) in [5.41, 5.74) is 1.69. The zero-order chi connectivity index (χ0) is 21.8. The Morgan fingerprint density at radius 2 is 1.94 bits per heavy atom. The van der Waals surface area contributed by atoms with Gasteiger partial charge in [-0.2, -0.15) is 0 Å². The van der Waals surface area contributed by atoms with Crippen molar-refractivity contribution in [3.63, 3.8) is 0 Å². The smallest absolute Gasteiger partial charge is 0.303 e. The van der Waals surface area contributed by atoms with Crippen LogP contribution in [0.2, 0.25) is 0 Å². The summed E-state index contributed by atoms with van der Waals surface area (Å²) >= 11 is 0. The molecule has 2 aliphatic carbocycles. The van der Waals surface area contributed by atoms with E-state index in [0.717, 1.165) is 44.1 Å². The summed E-state index contributed by atoms with van der Waals surface area (Å²) in [4.78, 5) is 19.5. The van der Waals surface area contributed by atoms with Gasteiger partial charge in [-0.1, -0.05) is 0 Å². The van der Waals surface area contributed by atoms with Crippen LogP contribution in [-0.2, 0) is 4.79 Å². The van der Waals surface area contributed by atoms with Crippen LogP contribution in [0.25, 0.3) is 0 Å². The van der Waals surface area contributed by atoms with Crippen molar-refractivity contribution in [1.82, 2.24) is 9.97 Å². The van der Waals surface area contributed by atoms with Gasteiger partial charge < -0.3 is 14.6 Å². The van der Waals surface area contributed by atoms with Gasteiger partial charge in [0.1, 0.15) is 5.82 Å². The van der Waals surface area contributed by atoms with Crippen molar-refractivity contribution in [2.24, 2.45) is 11.8 Å². The minimum atomic E-state index is -0.767. The molecule has 0 aliphatic heterocycles. The first-order valence-corrected chi connectivity index (χ1v) is 11.0. The van der Waals surface area contributed by atoms with Gasteiger partial charge in [-0.3, -0.25) is 4.79 Å². The molecule has 31 heavy (non-hydrogen) atoms. The van der Waals surface area contributed by atoms with Crippen molar-refractivity contribution in [3.05, 3.63) is 47.5 Å². The molecule has 0 saturated heterocycles. The van der Waals surface area contributed by atoms with Gasteiger partial charge in [0, 0.05) is 18.3 Å². The molecular formula is C24H29FN2O4. The molecule has 2 fully saturated rings. The summed E-state index contributed by atoms with van der Waals surface area (Å²) in [6.07, 6.45) is 8.97. The summed E-state index contributed by atoms with van der Waals surface area (Å²) in [5.74, 6) is 1.01. The molecule has 166 valence electrons. The first kappa shape index (κ1) is 21.5. The number of nitrogens with zero attached hydrogens (tertiary/aromatic N) is 2. The summed E-state index contributed by atoms with van der Waals surface area (Å²) in [6.45, 7) is 0.568. The molecule has 2 saturated carbocycles. The number of hydrogen-bond donors (Lipinski definition) is 1. The Labute approximate surface area is 181 Å². The lowest BCUT2D eigenvalue weighted by Crippen LogP contribution is -2.20. The number of rotatable bonds is 9. The topological polar surface area (TPSA) is 81.5 Å². The molecule has 4 rings (SSSR count). The highest BCUT2D eigenvalue weighted by Crippen LogP contribution is 2.45. The van der Waals surface area contributed by atoms with E-state index < -0.39 is 5.97 Å². The van der Waals surface area contributed by atoms with Gasteiger partial charge in [-0.15, -0.1) is 0 Å². The molecule has 0 aromatic carbocycles. The fraction of sp³-hybridized carbons (Fsp3) is 0.542. The SMILES string of the molecule is COc1cc([C@H]2CC[C@H](COc3cc([C@H](CC(=O)O)C4CC4)ccn3)CC2)c(F)cn1. The Kier molecular flexibility index (Phi) is 6.68. The van der Waals surface area contributed by atoms with E-state index in [1.54, 1.807) is 12.3 Å². The minimum Gasteiger partial charge on any atom is -0.481 e. The highest BCUT2D eigenvalue weighted by molar-refractivity contribution is 5.68. The van der Waals surface area contributed by atoms with Crippen LogP contribution < -0.4 is 9.47 Å². The maximum Gasteiger partial charge on any atom is 0.303 e. The number of carboxylic acids is 1.